The summed E-state index contributed by atoms with van der Waals surface area (Å²) in [5.41, 5.74) is 0. The molecule has 2 aliphatic rings. The molecule has 1 saturated carbocycles. The molecule has 3 heteroatoms. The van der Waals surface area contributed by atoms with Crippen molar-refractivity contribution in [3.8, 4) is 0 Å². The second kappa shape index (κ2) is 6.12. The second-order valence-electron chi connectivity index (χ2n) is 4.65. The summed E-state index contributed by atoms with van der Waals surface area (Å²) in [4.78, 5) is 0. The maximum atomic E-state index is 5.38. The molecule has 15 heavy (non-hydrogen) atoms. The minimum absolute atomic E-state index is 0.780. The number of ether oxygens (including phenoxy) is 1. The minimum atomic E-state index is 0.780. The van der Waals surface area contributed by atoms with Crippen LogP contribution in [0.4, 0.5) is 0 Å². The first-order chi connectivity index (χ1) is 7.40. The molecule has 2 fully saturated rings. The molecule has 1 atom stereocenters. The van der Waals surface area contributed by atoms with E-state index < -0.39 is 0 Å². The summed E-state index contributed by atoms with van der Waals surface area (Å²) >= 11 is 2.17. The molecule has 88 valence electrons. The van der Waals surface area contributed by atoms with Gasteiger partial charge in [0.05, 0.1) is 0 Å². The Morgan fingerprint density at radius 3 is 2.60 bits per heavy atom. The Labute approximate surface area is 97.5 Å². The minimum Gasteiger partial charge on any atom is -0.381 e. The SMILES string of the molecule is CCNC(CSC1CCOCC1)C1CC1. The predicted octanol–water partition coefficient (Wildman–Crippen LogP) is 2.29. The largest absolute Gasteiger partial charge is 0.381 e. The van der Waals surface area contributed by atoms with Crippen molar-refractivity contribution in [2.45, 2.75) is 43.9 Å². The molecular formula is C12H23NOS. The summed E-state index contributed by atoms with van der Waals surface area (Å²) in [5, 5.41) is 4.49. The Hall–Kier alpha value is 0.270. The van der Waals surface area contributed by atoms with Gasteiger partial charge in [-0.3, -0.25) is 0 Å². The fourth-order valence-electron chi connectivity index (χ4n) is 2.20. The topological polar surface area (TPSA) is 21.3 Å². The van der Waals surface area contributed by atoms with Gasteiger partial charge in [-0.05, 0) is 38.1 Å². The van der Waals surface area contributed by atoms with Crippen molar-refractivity contribution in [1.82, 2.24) is 5.32 Å². The van der Waals surface area contributed by atoms with Crippen LogP contribution in [0.2, 0.25) is 0 Å². The van der Waals surface area contributed by atoms with Crippen LogP contribution in [0, 0.1) is 5.92 Å². The van der Waals surface area contributed by atoms with Crippen molar-refractivity contribution >= 4 is 11.8 Å². The number of nitrogens with one attached hydrogen (secondary N) is 1. The first-order valence-electron chi connectivity index (χ1n) is 6.33. The Kier molecular flexibility index (Phi) is 4.79. The van der Waals surface area contributed by atoms with Crippen LogP contribution in [0.5, 0.6) is 0 Å². The summed E-state index contributed by atoms with van der Waals surface area (Å²) in [6.07, 6.45) is 5.42. The van der Waals surface area contributed by atoms with Crippen LogP contribution in [-0.2, 0) is 4.74 Å². The zero-order valence-electron chi connectivity index (χ0n) is 9.71. The van der Waals surface area contributed by atoms with Crippen LogP contribution in [0.15, 0.2) is 0 Å². The van der Waals surface area contributed by atoms with Crippen LogP contribution in [0.3, 0.4) is 0 Å². The molecule has 0 aromatic rings. The molecule has 0 spiro atoms. The smallest absolute Gasteiger partial charge is 0.0476 e. The van der Waals surface area contributed by atoms with Crippen LogP contribution >= 0.6 is 11.8 Å². The summed E-state index contributed by atoms with van der Waals surface area (Å²) in [5.74, 6) is 2.29. The molecule has 2 nitrogen and oxygen atoms in total. The number of rotatable bonds is 6. The van der Waals surface area contributed by atoms with E-state index in [-0.39, 0.29) is 0 Å². The van der Waals surface area contributed by atoms with Crippen molar-refractivity contribution in [2.75, 3.05) is 25.5 Å². The van der Waals surface area contributed by atoms with Gasteiger partial charge in [0.1, 0.15) is 0 Å². The number of hydrogen-bond donors (Lipinski definition) is 1. The van der Waals surface area contributed by atoms with E-state index >= 15 is 0 Å². The predicted molar refractivity (Wildman–Crippen MR) is 66.5 cm³/mol. The van der Waals surface area contributed by atoms with Gasteiger partial charge >= 0.3 is 0 Å². The second-order valence-corrected chi connectivity index (χ2v) is 5.98. The zero-order chi connectivity index (χ0) is 10.5. The fraction of sp³-hybridized carbons (Fsp3) is 1.00. The first kappa shape index (κ1) is 11.7. The molecule has 1 saturated heterocycles. The van der Waals surface area contributed by atoms with E-state index in [1.807, 2.05) is 0 Å². The van der Waals surface area contributed by atoms with Crippen molar-refractivity contribution in [1.29, 1.82) is 0 Å². The first-order valence-corrected chi connectivity index (χ1v) is 7.37. The number of hydrogen-bond acceptors (Lipinski definition) is 3. The number of thioether (sulfide) groups is 1. The monoisotopic (exact) mass is 229 g/mol. The average molecular weight is 229 g/mol. The average Bonchev–Trinajstić information content (AvgIpc) is 3.09. The van der Waals surface area contributed by atoms with Gasteiger partial charge in [-0.1, -0.05) is 6.92 Å². The summed E-state index contributed by atoms with van der Waals surface area (Å²) in [6.45, 7) is 5.30. The molecule has 1 aliphatic carbocycles. The van der Waals surface area contributed by atoms with Gasteiger partial charge < -0.3 is 10.1 Å². The molecule has 0 aromatic carbocycles. The highest BCUT2D eigenvalue weighted by atomic mass is 32.2. The van der Waals surface area contributed by atoms with Crippen molar-refractivity contribution in [3.05, 3.63) is 0 Å². The van der Waals surface area contributed by atoms with Gasteiger partial charge in [0.2, 0.25) is 0 Å². The molecule has 0 bridgehead atoms. The lowest BCUT2D eigenvalue weighted by atomic mass is 10.2. The van der Waals surface area contributed by atoms with E-state index in [9.17, 15) is 0 Å². The molecule has 0 amide bonds. The van der Waals surface area contributed by atoms with E-state index in [2.05, 4.69) is 24.0 Å². The standard InChI is InChI=1S/C12H23NOS/c1-2-13-12(10-3-4-10)9-15-11-5-7-14-8-6-11/h10-13H,2-9H2,1H3. The quantitative estimate of drug-likeness (QED) is 0.755. The summed E-state index contributed by atoms with van der Waals surface area (Å²) < 4.78 is 5.38. The molecule has 0 aromatic heterocycles. The Bertz CT molecular complexity index is 178. The van der Waals surface area contributed by atoms with E-state index in [0.29, 0.717) is 0 Å². The molecule has 1 N–H and O–H groups in total. The fourth-order valence-corrected chi connectivity index (χ4v) is 3.60. The molecule has 1 aliphatic heterocycles. The molecule has 1 unspecified atom stereocenters. The van der Waals surface area contributed by atoms with Crippen molar-refractivity contribution in [3.63, 3.8) is 0 Å². The van der Waals surface area contributed by atoms with Crippen LogP contribution < -0.4 is 5.32 Å². The highest BCUT2D eigenvalue weighted by molar-refractivity contribution is 7.99. The maximum absolute atomic E-state index is 5.38. The highest BCUT2D eigenvalue weighted by Crippen LogP contribution is 2.35. The third kappa shape index (κ3) is 3.97. The van der Waals surface area contributed by atoms with Crippen LogP contribution in [-0.4, -0.2) is 36.8 Å². The molecule has 2 rings (SSSR count). The third-order valence-corrected chi connectivity index (χ3v) is 4.83. The Morgan fingerprint density at radius 2 is 2.00 bits per heavy atom. The van der Waals surface area contributed by atoms with Crippen LogP contribution in [0.1, 0.15) is 32.6 Å². The van der Waals surface area contributed by atoms with Gasteiger partial charge in [-0.15, -0.1) is 0 Å². The Balaban J connectivity index is 1.65. The van der Waals surface area contributed by atoms with Gasteiger partial charge in [0.25, 0.3) is 0 Å². The lowest BCUT2D eigenvalue weighted by Gasteiger charge is -2.24. The van der Waals surface area contributed by atoms with Gasteiger partial charge in [0.15, 0.2) is 0 Å². The van der Waals surface area contributed by atoms with Gasteiger partial charge in [-0.25, -0.2) is 0 Å². The normalized spacial score (nSPS) is 25.4. The summed E-state index contributed by atoms with van der Waals surface area (Å²) in [7, 11) is 0. The van der Waals surface area contributed by atoms with E-state index in [1.165, 1.54) is 31.4 Å². The van der Waals surface area contributed by atoms with E-state index in [0.717, 1.165) is 37.0 Å². The lowest BCUT2D eigenvalue weighted by Crippen LogP contribution is -2.34. The van der Waals surface area contributed by atoms with Gasteiger partial charge in [0, 0.05) is 30.3 Å². The van der Waals surface area contributed by atoms with Crippen molar-refractivity contribution < 1.29 is 4.74 Å². The summed E-state index contributed by atoms with van der Waals surface area (Å²) in [6, 6.07) is 0.780. The van der Waals surface area contributed by atoms with Gasteiger partial charge in [-0.2, -0.15) is 11.8 Å². The van der Waals surface area contributed by atoms with E-state index in [1.54, 1.807) is 0 Å². The highest BCUT2D eigenvalue weighted by Gasteiger charge is 2.31. The molecule has 1 heterocycles. The lowest BCUT2D eigenvalue weighted by molar-refractivity contribution is 0.1000. The van der Waals surface area contributed by atoms with Crippen LogP contribution in [0.25, 0.3) is 0 Å². The third-order valence-electron chi connectivity index (χ3n) is 3.34. The maximum Gasteiger partial charge on any atom is 0.0476 e. The molecular weight excluding hydrogens is 206 g/mol. The Morgan fingerprint density at radius 1 is 1.27 bits per heavy atom. The zero-order valence-corrected chi connectivity index (χ0v) is 10.5. The molecule has 0 radical (unpaired) electrons. The van der Waals surface area contributed by atoms with Crippen molar-refractivity contribution in [2.24, 2.45) is 5.92 Å². The van der Waals surface area contributed by atoms with E-state index in [4.69, 9.17) is 4.74 Å².